The van der Waals surface area contributed by atoms with Gasteiger partial charge in [-0.2, -0.15) is 0 Å². The number of carbonyl (C=O) groups is 4. The van der Waals surface area contributed by atoms with E-state index in [1.54, 1.807) is 34.1 Å². The van der Waals surface area contributed by atoms with E-state index in [4.69, 9.17) is 9.47 Å². The van der Waals surface area contributed by atoms with Gasteiger partial charge in [-0.25, -0.2) is 0 Å². The van der Waals surface area contributed by atoms with E-state index in [0.717, 1.165) is 57.6 Å². The van der Waals surface area contributed by atoms with E-state index in [2.05, 4.69) is 22.5 Å². The Morgan fingerprint density at radius 1 is 0.870 bits per heavy atom. The van der Waals surface area contributed by atoms with Crippen LogP contribution in [0.4, 0.5) is 0 Å². The number of fused-ring (bicyclic) bond motifs is 1. The van der Waals surface area contributed by atoms with Crippen LogP contribution in [0.2, 0.25) is 0 Å². The summed E-state index contributed by atoms with van der Waals surface area (Å²) in [6.45, 7) is 7.34. The van der Waals surface area contributed by atoms with Crippen molar-refractivity contribution < 1.29 is 28.7 Å². The van der Waals surface area contributed by atoms with E-state index in [9.17, 15) is 19.2 Å². The summed E-state index contributed by atoms with van der Waals surface area (Å²) in [5.41, 5.74) is 1.18. The smallest absolute Gasteiger partial charge is 0.255 e. The minimum absolute atomic E-state index is 0.173. The van der Waals surface area contributed by atoms with Crippen LogP contribution in [0.15, 0.2) is 54.6 Å². The third kappa shape index (κ3) is 8.85. The number of morpholine rings is 1. The molecule has 0 bridgehead atoms. The first kappa shape index (κ1) is 33.4. The van der Waals surface area contributed by atoms with Crippen molar-refractivity contribution in [1.29, 1.82) is 0 Å². The Labute approximate surface area is 271 Å². The number of benzene rings is 2. The average Bonchev–Trinajstić information content (AvgIpc) is 3.09. The largest absolute Gasteiger partial charge is 0.491 e. The van der Waals surface area contributed by atoms with Crippen molar-refractivity contribution in [2.24, 2.45) is 0 Å². The lowest BCUT2D eigenvalue weighted by molar-refractivity contribution is -0.139. The lowest BCUT2D eigenvalue weighted by atomic mass is 10.0. The molecule has 2 aromatic rings. The second-order valence-corrected chi connectivity index (χ2v) is 12.3. The second-order valence-electron chi connectivity index (χ2n) is 12.3. The number of nitrogens with zero attached hydrogens (tertiary/aromatic N) is 3. The molecule has 3 aliphatic heterocycles. The number of piperidine rings is 1. The van der Waals surface area contributed by atoms with Crippen LogP contribution in [0.25, 0.3) is 0 Å². The Balaban J connectivity index is 1.38. The summed E-state index contributed by atoms with van der Waals surface area (Å²) < 4.78 is 11.6. The van der Waals surface area contributed by atoms with Gasteiger partial charge in [-0.15, -0.1) is 0 Å². The van der Waals surface area contributed by atoms with Crippen LogP contribution in [-0.4, -0.2) is 116 Å². The average molecular weight is 634 g/mol. The maximum Gasteiger partial charge on any atom is 0.255 e. The van der Waals surface area contributed by atoms with Crippen LogP contribution >= 0.6 is 0 Å². The normalized spacial score (nSPS) is 22.7. The van der Waals surface area contributed by atoms with Gasteiger partial charge >= 0.3 is 0 Å². The number of carbonyl (C=O) groups excluding carboxylic acids is 4. The van der Waals surface area contributed by atoms with Gasteiger partial charge in [0.1, 0.15) is 24.4 Å². The summed E-state index contributed by atoms with van der Waals surface area (Å²) in [6.07, 6.45) is 3.35. The van der Waals surface area contributed by atoms with Crippen LogP contribution in [-0.2, 0) is 25.5 Å². The third-order valence-corrected chi connectivity index (χ3v) is 9.09. The number of likely N-dealkylation sites (tertiary alicyclic amines) is 1. The van der Waals surface area contributed by atoms with Crippen molar-refractivity contribution in [2.45, 2.75) is 63.6 Å². The summed E-state index contributed by atoms with van der Waals surface area (Å²) in [5, 5.41) is 5.78. The van der Waals surface area contributed by atoms with Gasteiger partial charge in [-0.1, -0.05) is 55.8 Å². The molecule has 0 saturated carbocycles. The molecule has 46 heavy (non-hydrogen) atoms. The topological polar surface area (TPSA) is 121 Å². The van der Waals surface area contributed by atoms with Gasteiger partial charge in [0.05, 0.1) is 31.7 Å². The number of nitrogens with one attached hydrogen (secondary N) is 2. The first-order valence-corrected chi connectivity index (χ1v) is 16.7. The Bertz CT molecular complexity index is 1330. The zero-order valence-electron chi connectivity index (χ0n) is 26.8. The summed E-state index contributed by atoms with van der Waals surface area (Å²) in [4.78, 5) is 61.2. The third-order valence-electron chi connectivity index (χ3n) is 9.09. The van der Waals surface area contributed by atoms with Gasteiger partial charge < -0.3 is 29.9 Å². The molecular weight excluding hydrogens is 586 g/mol. The van der Waals surface area contributed by atoms with Gasteiger partial charge in [0, 0.05) is 45.2 Å². The van der Waals surface area contributed by atoms with E-state index in [-0.39, 0.29) is 30.4 Å². The van der Waals surface area contributed by atoms with Crippen molar-refractivity contribution in [2.75, 3.05) is 59.1 Å². The van der Waals surface area contributed by atoms with E-state index in [0.29, 0.717) is 44.4 Å². The highest BCUT2D eigenvalue weighted by atomic mass is 16.5. The molecule has 248 valence electrons. The van der Waals surface area contributed by atoms with Crippen molar-refractivity contribution >= 4 is 23.6 Å². The molecule has 3 aliphatic rings. The van der Waals surface area contributed by atoms with E-state index in [1.165, 1.54) is 0 Å². The molecular formula is C35H47N5O6. The molecule has 0 unspecified atom stereocenters. The number of para-hydroxylation sites is 1. The minimum Gasteiger partial charge on any atom is -0.491 e. The Kier molecular flexibility index (Phi) is 12.0. The molecule has 0 aromatic heterocycles. The quantitative estimate of drug-likeness (QED) is 0.480. The molecule has 2 aromatic carbocycles. The fourth-order valence-corrected chi connectivity index (χ4v) is 6.49. The van der Waals surface area contributed by atoms with Crippen LogP contribution in [0, 0.1) is 0 Å². The summed E-state index contributed by atoms with van der Waals surface area (Å²) in [6, 6.07) is 14.8. The minimum atomic E-state index is -1.10. The molecule has 11 heteroatoms. The van der Waals surface area contributed by atoms with E-state index < -0.39 is 23.9 Å². The second kappa shape index (κ2) is 16.6. The van der Waals surface area contributed by atoms with E-state index >= 15 is 0 Å². The van der Waals surface area contributed by atoms with Crippen molar-refractivity contribution in [3.63, 3.8) is 0 Å². The fraction of sp³-hybridized carbons (Fsp3) is 0.543. The van der Waals surface area contributed by atoms with Crippen LogP contribution in [0.1, 0.15) is 54.9 Å². The standard InChI is InChI=1S/C35H47N5O6/c1-2-3-15-39-20-23-46-31-12-8-7-11-28(31)33(42)37-30(25-32(41)36-29(34(39)43)24-26-9-5-4-6-10-26)35(44)40-16-13-27(14-17-40)38-18-21-45-22-19-38/h4-12,27,29-30H,2-3,13-25H2,1H3,(H,36,41)(H,37,42)/t29-,30-/m0/s1. The van der Waals surface area contributed by atoms with Crippen LogP contribution in [0.5, 0.6) is 5.75 Å². The van der Waals surface area contributed by atoms with E-state index in [1.807, 2.05) is 30.3 Å². The highest BCUT2D eigenvalue weighted by molar-refractivity contribution is 6.01. The number of ether oxygens (including phenoxy) is 2. The Morgan fingerprint density at radius 2 is 1.59 bits per heavy atom. The molecule has 5 rings (SSSR count). The fourth-order valence-electron chi connectivity index (χ4n) is 6.49. The molecule has 2 saturated heterocycles. The van der Waals surface area contributed by atoms with Gasteiger partial charge in [0.2, 0.25) is 17.7 Å². The van der Waals surface area contributed by atoms with Crippen molar-refractivity contribution in [3.8, 4) is 5.75 Å². The van der Waals surface area contributed by atoms with Gasteiger partial charge in [-0.3, -0.25) is 24.1 Å². The molecule has 3 heterocycles. The number of hydrogen-bond donors (Lipinski definition) is 2. The lowest BCUT2D eigenvalue weighted by Gasteiger charge is -2.40. The zero-order chi connectivity index (χ0) is 32.3. The number of unbranched alkanes of at least 4 members (excludes halogenated alkanes) is 1. The summed E-state index contributed by atoms with van der Waals surface area (Å²) in [5.74, 6) is -1.08. The van der Waals surface area contributed by atoms with Gasteiger partial charge in [0.15, 0.2) is 0 Å². The van der Waals surface area contributed by atoms with Gasteiger partial charge in [-0.05, 0) is 37.0 Å². The maximum atomic E-state index is 14.0. The predicted octanol–water partition coefficient (Wildman–Crippen LogP) is 2.25. The van der Waals surface area contributed by atoms with Crippen LogP contribution in [0.3, 0.4) is 0 Å². The number of rotatable bonds is 7. The molecule has 11 nitrogen and oxygen atoms in total. The maximum absolute atomic E-state index is 14.0. The Morgan fingerprint density at radius 3 is 2.33 bits per heavy atom. The highest BCUT2D eigenvalue weighted by Gasteiger charge is 2.35. The molecule has 0 aliphatic carbocycles. The first-order chi connectivity index (χ1) is 22.4. The molecule has 2 atom stereocenters. The van der Waals surface area contributed by atoms with Crippen molar-refractivity contribution in [3.05, 3.63) is 65.7 Å². The number of amides is 4. The molecule has 0 spiro atoms. The molecule has 2 fully saturated rings. The van der Waals surface area contributed by atoms with Crippen molar-refractivity contribution in [1.82, 2.24) is 25.3 Å². The lowest BCUT2D eigenvalue weighted by Crippen LogP contribution is -2.56. The molecule has 4 amide bonds. The van der Waals surface area contributed by atoms with Crippen LogP contribution < -0.4 is 15.4 Å². The highest BCUT2D eigenvalue weighted by Crippen LogP contribution is 2.21. The van der Waals surface area contributed by atoms with Gasteiger partial charge in [0.25, 0.3) is 5.91 Å². The first-order valence-electron chi connectivity index (χ1n) is 16.7. The summed E-state index contributed by atoms with van der Waals surface area (Å²) in [7, 11) is 0. The number of hydrogen-bond acceptors (Lipinski definition) is 7. The molecule has 2 N–H and O–H groups in total. The molecule has 0 radical (unpaired) electrons. The predicted molar refractivity (Wildman–Crippen MR) is 173 cm³/mol. The monoisotopic (exact) mass is 633 g/mol. The summed E-state index contributed by atoms with van der Waals surface area (Å²) >= 11 is 0. The zero-order valence-corrected chi connectivity index (χ0v) is 26.8. The Hall–Kier alpha value is -3.96. The SMILES string of the molecule is CCCCN1CCOc2ccccc2C(=O)N[C@H](C(=O)N2CCC(N3CCOCC3)CC2)CC(=O)N[C@@H](Cc2ccccc2)C1=O.